The molecule has 0 radical (unpaired) electrons. The average Bonchev–Trinajstić information content (AvgIpc) is 3.19. The van der Waals surface area contributed by atoms with Crippen LogP contribution in [0, 0.1) is 18.6 Å². The van der Waals surface area contributed by atoms with Crippen molar-refractivity contribution in [1.82, 2.24) is 9.88 Å². The van der Waals surface area contributed by atoms with E-state index in [-0.39, 0.29) is 23.7 Å². The molecule has 35 heavy (non-hydrogen) atoms. The minimum absolute atomic E-state index is 0.00634. The molecule has 1 aliphatic heterocycles. The number of alkyl halides is 1. The Bertz CT molecular complexity index is 1270. The Hall–Kier alpha value is -2.97. The van der Waals surface area contributed by atoms with Crippen LogP contribution in [-0.4, -0.2) is 39.2 Å². The number of aromatic nitrogens is 1. The molecule has 0 bridgehead atoms. The number of carbonyl (C=O) groups is 1. The molecule has 0 saturated carbocycles. The zero-order chi connectivity index (χ0) is 25.5. The van der Waals surface area contributed by atoms with Gasteiger partial charge in [0, 0.05) is 30.4 Å². The van der Waals surface area contributed by atoms with Crippen LogP contribution in [0.2, 0.25) is 0 Å². The van der Waals surface area contributed by atoms with Gasteiger partial charge in [0.25, 0.3) is 0 Å². The maximum atomic E-state index is 15.4. The van der Waals surface area contributed by atoms with E-state index in [1.807, 2.05) is 43.1 Å². The number of hydrogen-bond acceptors (Lipinski definition) is 4. The van der Waals surface area contributed by atoms with E-state index in [9.17, 15) is 9.18 Å². The molecule has 1 aliphatic rings. The van der Waals surface area contributed by atoms with Gasteiger partial charge in [-0.05, 0) is 80.6 Å². The van der Waals surface area contributed by atoms with Crippen molar-refractivity contribution in [3.05, 3.63) is 81.5 Å². The molecule has 2 heterocycles. The number of aliphatic carboxylic acids is 1. The van der Waals surface area contributed by atoms with Gasteiger partial charge in [-0.2, -0.15) is 0 Å². The van der Waals surface area contributed by atoms with Crippen LogP contribution in [0.1, 0.15) is 54.1 Å². The van der Waals surface area contributed by atoms with E-state index >= 15 is 8.78 Å². The number of benzene rings is 2. The summed E-state index contributed by atoms with van der Waals surface area (Å²) in [5, 5.41) is 9.79. The summed E-state index contributed by atoms with van der Waals surface area (Å²) in [6.07, 6.45) is 4.39. The third kappa shape index (κ3) is 5.49. The Morgan fingerprint density at radius 3 is 2.51 bits per heavy atom. The summed E-state index contributed by atoms with van der Waals surface area (Å²) < 4.78 is 45.7. The number of hydrogen-bond donors (Lipinski definition) is 1. The van der Waals surface area contributed by atoms with Crippen molar-refractivity contribution >= 4 is 23.4 Å². The van der Waals surface area contributed by atoms with Crippen molar-refractivity contribution in [3.63, 3.8) is 0 Å². The number of fused-ring (bicyclic) bond motifs is 1. The van der Waals surface area contributed by atoms with Crippen LogP contribution in [0.3, 0.4) is 0 Å². The van der Waals surface area contributed by atoms with Crippen molar-refractivity contribution < 1.29 is 23.1 Å². The Morgan fingerprint density at radius 2 is 1.94 bits per heavy atom. The third-order valence-corrected chi connectivity index (χ3v) is 7.07. The Labute approximate surface area is 206 Å². The molecule has 1 unspecified atom stereocenters. The quantitative estimate of drug-likeness (QED) is 0.389. The maximum Gasteiger partial charge on any atom is 0.328 e. The lowest BCUT2D eigenvalue weighted by Gasteiger charge is -2.44. The molecule has 184 valence electrons. The van der Waals surface area contributed by atoms with E-state index in [4.69, 9.17) is 5.11 Å². The normalized spacial score (nSPS) is 18.7. The lowest BCUT2D eigenvalue weighted by molar-refractivity contribution is -0.131. The molecule has 0 spiro atoms. The van der Waals surface area contributed by atoms with Gasteiger partial charge in [-0.15, -0.1) is 11.3 Å². The van der Waals surface area contributed by atoms with Gasteiger partial charge in [-0.3, -0.25) is 4.90 Å². The number of rotatable bonds is 6. The van der Waals surface area contributed by atoms with Gasteiger partial charge in [0.05, 0.1) is 15.9 Å². The molecule has 8 heteroatoms. The summed E-state index contributed by atoms with van der Waals surface area (Å²) in [6.45, 7) is 6.77. The molecule has 2 aromatic carbocycles. The van der Waals surface area contributed by atoms with Gasteiger partial charge in [-0.1, -0.05) is 12.1 Å². The number of aryl methyl sites for hydroxylation is 1. The second-order valence-corrected chi connectivity index (χ2v) is 10.8. The first kappa shape index (κ1) is 25.1. The number of halogens is 3. The number of thiazole rings is 1. The first-order chi connectivity index (χ1) is 16.4. The lowest BCUT2D eigenvalue weighted by Crippen LogP contribution is -2.48. The van der Waals surface area contributed by atoms with Crippen molar-refractivity contribution in [3.8, 4) is 10.4 Å². The summed E-state index contributed by atoms with van der Waals surface area (Å²) in [5.74, 6) is -2.82. The minimum Gasteiger partial charge on any atom is -0.478 e. The Kier molecular flexibility index (Phi) is 6.88. The highest BCUT2D eigenvalue weighted by Crippen LogP contribution is 2.42. The maximum absolute atomic E-state index is 15.4. The molecule has 1 N–H and O–H groups in total. The first-order valence-electron chi connectivity index (χ1n) is 11.3. The molecule has 0 aliphatic carbocycles. The largest absolute Gasteiger partial charge is 0.478 e. The molecule has 2 atom stereocenters. The number of carboxylic acids is 1. The lowest BCUT2D eigenvalue weighted by atomic mass is 9.83. The fourth-order valence-electron chi connectivity index (χ4n) is 4.70. The van der Waals surface area contributed by atoms with E-state index < -0.39 is 29.3 Å². The smallest absolute Gasteiger partial charge is 0.328 e. The standard InChI is InChI=1S/C27H27F3N2O2S/c1-15-9-19-12-18(23-13-31-16(2)35-23)6-7-20(19)26(32(15)14-27(3,4)30)25-21(28)10-17(11-22(25)29)5-8-24(33)34/h5-8,10-13,15,26H,9,14H2,1-4H3,(H,33,34)/b8-5+/t15-,26?/m1/s1. The average molecular weight is 501 g/mol. The van der Waals surface area contributed by atoms with Crippen LogP contribution < -0.4 is 0 Å². The van der Waals surface area contributed by atoms with Crippen LogP contribution >= 0.6 is 11.3 Å². The van der Waals surface area contributed by atoms with Gasteiger partial charge in [0.15, 0.2) is 0 Å². The van der Waals surface area contributed by atoms with E-state index in [0.29, 0.717) is 6.42 Å². The molecular weight excluding hydrogens is 473 g/mol. The number of carboxylic acid groups (broad SMARTS) is 1. The zero-order valence-corrected chi connectivity index (χ0v) is 20.8. The predicted molar refractivity (Wildman–Crippen MR) is 132 cm³/mol. The molecule has 4 rings (SSSR count). The van der Waals surface area contributed by atoms with Gasteiger partial charge in [0.1, 0.15) is 17.3 Å². The molecule has 3 aromatic rings. The van der Waals surface area contributed by atoms with E-state index in [2.05, 4.69) is 4.98 Å². The van der Waals surface area contributed by atoms with Crippen LogP contribution in [-0.2, 0) is 11.2 Å². The Morgan fingerprint density at radius 1 is 1.26 bits per heavy atom. The fraction of sp³-hybridized carbons (Fsp3) is 0.333. The van der Waals surface area contributed by atoms with Gasteiger partial charge >= 0.3 is 5.97 Å². The highest BCUT2D eigenvalue weighted by atomic mass is 32.1. The third-order valence-electron chi connectivity index (χ3n) is 6.11. The minimum atomic E-state index is -1.58. The highest BCUT2D eigenvalue weighted by Gasteiger charge is 2.39. The van der Waals surface area contributed by atoms with Gasteiger partial charge in [0.2, 0.25) is 0 Å². The van der Waals surface area contributed by atoms with Crippen molar-refractivity contribution in [2.24, 2.45) is 0 Å². The monoisotopic (exact) mass is 500 g/mol. The molecule has 0 amide bonds. The van der Waals surface area contributed by atoms with Crippen molar-refractivity contribution in [2.75, 3.05) is 6.54 Å². The van der Waals surface area contributed by atoms with Crippen LogP contribution in [0.5, 0.6) is 0 Å². The van der Waals surface area contributed by atoms with Gasteiger partial charge in [-0.25, -0.2) is 22.9 Å². The molecule has 1 aromatic heterocycles. The molecule has 0 saturated heterocycles. The zero-order valence-electron chi connectivity index (χ0n) is 20.0. The van der Waals surface area contributed by atoms with E-state index in [1.54, 1.807) is 11.3 Å². The second kappa shape index (κ2) is 9.59. The number of nitrogens with zero attached hydrogens (tertiary/aromatic N) is 2. The van der Waals surface area contributed by atoms with Crippen LogP contribution in [0.15, 0.2) is 42.6 Å². The van der Waals surface area contributed by atoms with Crippen LogP contribution in [0.4, 0.5) is 13.2 Å². The summed E-state index contributed by atoms with van der Waals surface area (Å²) in [4.78, 5) is 18.0. The summed E-state index contributed by atoms with van der Waals surface area (Å²) in [5.41, 5.74) is 1.01. The first-order valence-corrected chi connectivity index (χ1v) is 12.1. The molecule has 0 fully saturated rings. The van der Waals surface area contributed by atoms with Crippen molar-refractivity contribution in [2.45, 2.75) is 51.9 Å². The summed E-state index contributed by atoms with van der Waals surface area (Å²) in [7, 11) is 0. The second-order valence-electron chi connectivity index (χ2n) is 9.57. The van der Waals surface area contributed by atoms with Crippen molar-refractivity contribution in [1.29, 1.82) is 0 Å². The van der Waals surface area contributed by atoms with E-state index in [0.717, 1.165) is 50.9 Å². The Balaban J connectivity index is 1.86. The predicted octanol–water partition coefficient (Wildman–Crippen LogP) is 6.58. The van der Waals surface area contributed by atoms with Crippen LogP contribution in [0.25, 0.3) is 16.5 Å². The molecule has 4 nitrogen and oxygen atoms in total. The summed E-state index contributed by atoms with van der Waals surface area (Å²) >= 11 is 1.57. The fourth-order valence-corrected chi connectivity index (χ4v) is 5.47. The van der Waals surface area contributed by atoms with E-state index in [1.165, 1.54) is 13.8 Å². The molecular formula is C27H27F3N2O2S. The highest BCUT2D eigenvalue weighted by molar-refractivity contribution is 7.15. The SMILES string of the molecule is Cc1ncc(-c2ccc3c(c2)C[C@@H](C)N(CC(C)(C)F)C3c2c(F)cc(/C=C/C(=O)O)cc2F)s1. The summed E-state index contributed by atoms with van der Waals surface area (Å²) in [6, 6.07) is 7.03. The topological polar surface area (TPSA) is 53.4 Å². The van der Waals surface area contributed by atoms with Gasteiger partial charge < -0.3 is 5.11 Å².